The molecule has 138 valence electrons. The van der Waals surface area contributed by atoms with Gasteiger partial charge in [0.1, 0.15) is 0 Å². The van der Waals surface area contributed by atoms with Crippen molar-refractivity contribution in [2.45, 2.75) is 52.5 Å². The molecule has 0 radical (unpaired) electrons. The second-order valence-electron chi connectivity index (χ2n) is 8.24. The Hall–Kier alpha value is -0.810. The summed E-state index contributed by atoms with van der Waals surface area (Å²) in [6.07, 6.45) is 5.13. The molecular weight excluding hydrogens is 300 g/mol. The fourth-order valence-electron chi connectivity index (χ4n) is 4.32. The predicted octanol–water partition coefficient (Wildman–Crippen LogP) is 2.18. The number of rotatable bonds is 4. The smallest absolute Gasteiger partial charge is 0.193 e. The third-order valence-electron chi connectivity index (χ3n) is 6.20. The van der Waals surface area contributed by atoms with E-state index in [1.54, 1.807) is 0 Å². The highest BCUT2D eigenvalue weighted by atomic mass is 16.5. The van der Waals surface area contributed by atoms with Crippen LogP contribution in [0.4, 0.5) is 0 Å². The molecule has 3 fully saturated rings. The van der Waals surface area contributed by atoms with Gasteiger partial charge in [-0.1, -0.05) is 6.92 Å². The number of ether oxygens (including phenoxy) is 1. The van der Waals surface area contributed by atoms with Gasteiger partial charge < -0.3 is 15.0 Å². The SMILES string of the molecule is CCNC(=NCC(C)N1CCC(C)CC1)N1CCC2(CCOC2)C1. The zero-order valence-electron chi connectivity index (χ0n) is 15.9. The highest BCUT2D eigenvalue weighted by Crippen LogP contribution is 2.38. The number of guanidine groups is 1. The Labute approximate surface area is 147 Å². The van der Waals surface area contributed by atoms with Crippen LogP contribution in [0.5, 0.6) is 0 Å². The van der Waals surface area contributed by atoms with E-state index in [0.29, 0.717) is 11.5 Å². The highest BCUT2D eigenvalue weighted by Gasteiger charge is 2.42. The molecule has 2 atom stereocenters. The minimum absolute atomic E-state index is 0.394. The number of nitrogens with one attached hydrogen (secondary N) is 1. The Balaban J connectivity index is 1.55. The van der Waals surface area contributed by atoms with E-state index in [4.69, 9.17) is 9.73 Å². The van der Waals surface area contributed by atoms with Crippen molar-refractivity contribution in [3.8, 4) is 0 Å². The molecule has 0 aromatic rings. The van der Waals surface area contributed by atoms with Crippen LogP contribution in [-0.2, 0) is 4.74 Å². The van der Waals surface area contributed by atoms with Gasteiger partial charge in [0.2, 0.25) is 0 Å². The molecule has 1 spiro atoms. The fraction of sp³-hybridized carbons (Fsp3) is 0.947. The van der Waals surface area contributed by atoms with Crippen LogP contribution >= 0.6 is 0 Å². The van der Waals surface area contributed by atoms with Crippen molar-refractivity contribution >= 4 is 5.96 Å². The average molecular weight is 337 g/mol. The lowest BCUT2D eigenvalue weighted by Gasteiger charge is -2.34. The molecule has 3 saturated heterocycles. The van der Waals surface area contributed by atoms with Crippen LogP contribution in [0, 0.1) is 11.3 Å². The molecule has 24 heavy (non-hydrogen) atoms. The molecule has 0 saturated carbocycles. The van der Waals surface area contributed by atoms with Gasteiger partial charge in [-0.2, -0.15) is 0 Å². The molecule has 3 rings (SSSR count). The van der Waals surface area contributed by atoms with E-state index in [1.807, 2.05) is 0 Å². The third kappa shape index (κ3) is 4.23. The summed E-state index contributed by atoms with van der Waals surface area (Å²) in [5.41, 5.74) is 0.394. The normalized spacial score (nSPS) is 31.1. The van der Waals surface area contributed by atoms with E-state index in [2.05, 4.69) is 35.9 Å². The molecule has 5 heteroatoms. The summed E-state index contributed by atoms with van der Waals surface area (Å²) >= 11 is 0. The monoisotopic (exact) mass is 336 g/mol. The fourth-order valence-corrected chi connectivity index (χ4v) is 4.32. The van der Waals surface area contributed by atoms with Gasteiger partial charge in [-0.15, -0.1) is 0 Å². The molecule has 0 aliphatic carbocycles. The molecule has 2 unspecified atom stereocenters. The molecular formula is C19H36N4O. The molecule has 0 bridgehead atoms. The topological polar surface area (TPSA) is 40.1 Å². The summed E-state index contributed by atoms with van der Waals surface area (Å²) in [7, 11) is 0. The van der Waals surface area contributed by atoms with Crippen molar-refractivity contribution in [3.05, 3.63) is 0 Å². The van der Waals surface area contributed by atoms with Gasteiger partial charge in [0.25, 0.3) is 0 Å². The standard InChI is InChI=1S/C19H36N4O/c1-4-20-18(23-11-7-19(14-23)8-12-24-15-19)21-13-17(3)22-9-5-16(2)6-10-22/h16-17H,4-15H2,1-3H3,(H,20,21). The van der Waals surface area contributed by atoms with Crippen LogP contribution in [0.25, 0.3) is 0 Å². The van der Waals surface area contributed by atoms with Crippen molar-refractivity contribution in [1.82, 2.24) is 15.1 Å². The van der Waals surface area contributed by atoms with Crippen molar-refractivity contribution in [2.24, 2.45) is 16.3 Å². The predicted molar refractivity (Wildman–Crippen MR) is 99.5 cm³/mol. The minimum Gasteiger partial charge on any atom is -0.381 e. The number of piperidine rings is 1. The average Bonchev–Trinajstić information content (AvgIpc) is 3.22. The zero-order chi connectivity index (χ0) is 17.0. The minimum atomic E-state index is 0.394. The Kier molecular flexibility index (Phi) is 6.03. The van der Waals surface area contributed by atoms with Crippen LogP contribution in [0.2, 0.25) is 0 Å². The molecule has 1 N–H and O–H groups in total. The van der Waals surface area contributed by atoms with Gasteiger partial charge >= 0.3 is 0 Å². The van der Waals surface area contributed by atoms with Crippen LogP contribution in [-0.4, -0.2) is 74.3 Å². The lowest BCUT2D eigenvalue weighted by molar-refractivity contribution is 0.150. The Bertz CT molecular complexity index is 425. The van der Waals surface area contributed by atoms with E-state index in [-0.39, 0.29) is 0 Å². The third-order valence-corrected chi connectivity index (χ3v) is 6.20. The molecule has 3 aliphatic heterocycles. The van der Waals surface area contributed by atoms with Crippen LogP contribution < -0.4 is 5.32 Å². The van der Waals surface area contributed by atoms with Gasteiger partial charge in [-0.25, -0.2) is 0 Å². The number of nitrogens with zero attached hydrogens (tertiary/aromatic N) is 3. The zero-order valence-corrected chi connectivity index (χ0v) is 15.9. The van der Waals surface area contributed by atoms with E-state index in [9.17, 15) is 0 Å². The molecule has 0 aromatic carbocycles. The largest absolute Gasteiger partial charge is 0.381 e. The van der Waals surface area contributed by atoms with Crippen LogP contribution in [0.15, 0.2) is 4.99 Å². The van der Waals surface area contributed by atoms with Crippen molar-refractivity contribution in [3.63, 3.8) is 0 Å². The summed E-state index contributed by atoms with van der Waals surface area (Å²) < 4.78 is 5.66. The molecule has 3 heterocycles. The van der Waals surface area contributed by atoms with Crippen LogP contribution in [0.3, 0.4) is 0 Å². The number of likely N-dealkylation sites (tertiary alicyclic amines) is 2. The first-order valence-electron chi connectivity index (χ1n) is 9.97. The first kappa shape index (κ1) is 18.0. The van der Waals surface area contributed by atoms with Gasteiger partial charge in [0.05, 0.1) is 13.2 Å². The Morgan fingerprint density at radius 3 is 2.75 bits per heavy atom. The second kappa shape index (κ2) is 8.05. The highest BCUT2D eigenvalue weighted by molar-refractivity contribution is 5.80. The Morgan fingerprint density at radius 2 is 2.08 bits per heavy atom. The molecule has 0 aromatic heterocycles. The lowest BCUT2D eigenvalue weighted by atomic mass is 9.87. The quantitative estimate of drug-likeness (QED) is 0.631. The summed E-state index contributed by atoms with van der Waals surface area (Å²) in [6.45, 7) is 15.3. The Morgan fingerprint density at radius 1 is 1.29 bits per heavy atom. The van der Waals surface area contributed by atoms with Gasteiger partial charge in [0.15, 0.2) is 5.96 Å². The van der Waals surface area contributed by atoms with Crippen molar-refractivity contribution in [2.75, 3.05) is 52.5 Å². The van der Waals surface area contributed by atoms with Gasteiger partial charge in [-0.3, -0.25) is 9.89 Å². The second-order valence-corrected chi connectivity index (χ2v) is 8.24. The van der Waals surface area contributed by atoms with Crippen LogP contribution in [0.1, 0.15) is 46.5 Å². The summed E-state index contributed by atoms with van der Waals surface area (Å²) in [4.78, 5) is 10.1. The number of hydrogen-bond donors (Lipinski definition) is 1. The van der Waals surface area contributed by atoms with E-state index in [1.165, 1.54) is 38.8 Å². The van der Waals surface area contributed by atoms with E-state index < -0.39 is 0 Å². The molecule has 0 amide bonds. The number of aliphatic imine (C=N–C) groups is 1. The first-order valence-corrected chi connectivity index (χ1v) is 9.97. The number of hydrogen-bond acceptors (Lipinski definition) is 3. The maximum Gasteiger partial charge on any atom is 0.193 e. The summed E-state index contributed by atoms with van der Waals surface area (Å²) in [5, 5.41) is 3.51. The van der Waals surface area contributed by atoms with E-state index >= 15 is 0 Å². The summed E-state index contributed by atoms with van der Waals surface area (Å²) in [6, 6.07) is 0.539. The first-order chi connectivity index (χ1) is 11.6. The lowest BCUT2D eigenvalue weighted by Crippen LogP contribution is -2.44. The molecule has 5 nitrogen and oxygen atoms in total. The maximum atomic E-state index is 5.66. The van der Waals surface area contributed by atoms with Crippen molar-refractivity contribution < 1.29 is 4.74 Å². The maximum absolute atomic E-state index is 5.66. The van der Waals surface area contributed by atoms with Gasteiger partial charge in [-0.05, 0) is 58.5 Å². The summed E-state index contributed by atoms with van der Waals surface area (Å²) in [5.74, 6) is 2.00. The molecule has 3 aliphatic rings. The van der Waals surface area contributed by atoms with Crippen molar-refractivity contribution in [1.29, 1.82) is 0 Å². The van der Waals surface area contributed by atoms with Gasteiger partial charge in [0, 0.05) is 37.7 Å². The van der Waals surface area contributed by atoms with E-state index in [0.717, 1.165) is 51.3 Å².